The molecule has 0 aliphatic heterocycles. The van der Waals surface area contributed by atoms with Crippen molar-refractivity contribution in [2.75, 3.05) is 6.16 Å². The fraction of sp³-hybridized carbons (Fsp3) is 0.826. The third-order valence-corrected chi connectivity index (χ3v) is 8.71. The molecule has 0 radical (unpaired) electrons. The molecule has 4 nitrogen and oxygen atoms in total. The Hall–Kier alpha value is -0.190. The molecule has 6 heteroatoms. The highest BCUT2D eigenvalue weighted by atomic mass is 32.1. The van der Waals surface area contributed by atoms with Crippen molar-refractivity contribution in [2.45, 2.75) is 109 Å². The first-order valence-electron chi connectivity index (χ1n) is 11.7. The molecule has 0 aromatic carbocycles. The van der Waals surface area contributed by atoms with E-state index in [9.17, 15) is 4.57 Å². The predicted octanol–water partition coefficient (Wildman–Crippen LogP) is 6.43. The van der Waals surface area contributed by atoms with Crippen LogP contribution in [-0.2, 0) is 17.4 Å². The Balaban J connectivity index is 1.61. The zero-order valence-electron chi connectivity index (χ0n) is 18.3. The molecule has 0 saturated heterocycles. The van der Waals surface area contributed by atoms with Gasteiger partial charge in [-0.05, 0) is 56.6 Å². The van der Waals surface area contributed by atoms with Crippen LogP contribution in [0.3, 0.4) is 0 Å². The van der Waals surface area contributed by atoms with E-state index >= 15 is 0 Å². The van der Waals surface area contributed by atoms with Crippen molar-refractivity contribution in [1.82, 2.24) is 0 Å². The summed E-state index contributed by atoms with van der Waals surface area (Å²) in [6.45, 7) is 2.01. The van der Waals surface area contributed by atoms with Crippen LogP contribution in [0.2, 0.25) is 0 Å². The van der Waals surface area contributed by atoms with E-state index in [4.69, 9.17) is 15.5 Å². The summed E-state index contributed by atoms with van der Waals surface area (Å²) in [4.78, 5) is 21.1. The topological polar surface area (TPSA) is 83.6 Å². The van der Waals surface area contributed by atoms with Crippen LogP contribution in [0.5, 0.6) is 0 Å². The second kappa shape index (κ2) is 12.6. The van der Waals surface area contributed by atoms with Gasteiger partial charge in [-0.15, -0.1) is 11.3 Å². The van der Waals surface area contributed by atoms with Gasteiger partial charge < -0.3 is 15.5 Å². The first-order chi connectivity index (χ1) is 13.8. The molecular weight excluding hydrogens is 401 g/mol. The summed E-state index contributed by atoms with van der Waals surface area (Å²) in [5.41, 5.74) is 5.92. The molecule has 1 aromatic heterocycles. The molecule has 1 saturated carbocycles. The van der Waals surface area contributed by atoms with Gasteiger partial charge in [0.05, 0.1) is 6.16 Å². The lowest BCUT2D eigenvalue weighted by atomic mass is 9.85. The number of aryl methyl sites for hydroxylation is 2. The van der Waals surface area contributed by atoms with Crippen molar-refractivity contribution in [3.05, 3.63) is 21.9 Å². The molecule has 29 heavy (non-hydrogen) atoms. The maximum atomic E-state index is 11.2. The summed E-state index contributed by atoms with van der Waals surface area (Å²) in [5, 5.41) is 0. The third-order valence-electron chi connectivity index (χ3n) is 6.70. The van der Waals surface area contributed by atoms with Crippen molar-refractivity contribution in [1.29, 1.82) is 0 Å². The van der Waals surface area contributed by atoms with Gasteiger partial charge in [-0.2, -0.15) is 0 Å². The van der Waals surface area contributed by atoms with Crippen molar-refractivity contribution >= 4 is 18.9 Å². The van der Waals surface area contributed by atoms with Crippen molar-refractivity contribution in [2.24, 2.45) is 11.7 Å². The summed E-state index contributed by atoms with van der Waals surface area (Å²) in [7, 11) is -3.97. The molecule has 1 atom stereocenters. The van der Waals surface area contributed by atoms with Gasteiger partial charge >= 0.3 is 7.60 Å². The quantitative estimate of drug-likeness (QED) is 0.228. The zero-order chi connectivity index (χ0) is 21.2. The second-order valence-electron chi connectivity index (χ2n) is 9.18. The monoisotopic (exact) mass is 443 g/mol. The van der Waals surface area contributed by atoms with Crippen LogP contribution in [0, 0.1) is 5.92 Å². The van der Waals surface area contributed by atoms with Crippen LogP contribution in [0.1, 0.15) is 100 Å². The normalized spacial score (nSPS) is 18.1. The highest BCUT2D eigenvalue weighted by Gasteiger charge is 2.26. The summed E-state index contributed by atoms with van der Waals surface area (Å²) in [6, 6.07) is 4.46. The van der Waals surface area contributed by atoms with Gasteiger partial charge in [0, 0.05) is 15.3 Å². The van der Waals surface area contributed by atoms with Crippen LogP contribution in [-0.4, -0.2) is 21.5 Å². The molecule has 4 N–H and O–H groups in total. The van der Waals surface area contributed by atoms with Gasteiger partial charge in [-0.25, -0.2) is 0 Å². The average Bonchev–Trinajstić information content (AvgIpc) is 3.16. The summed E-state index contributed by atoms with van der Waals surface area (Å²) in [6.07, 6.45) is 18.0. The van der Waals surface area contributed by atoms with Gasteiger partial charge in [0.1, 0.15) is 0 Å². The SMILES string of the molecule is CCC(N)(CCc1ccc(CCCCCCC2CCCCC2)s1)CCP(=O)(O)O. The van der Waals surface area contributed by atoms with E-state index in [1.165, 1.54) is 80.4 Å². The molecule has 1 aromatic rings. The Labute approximate surface area is 181 Å². The maximum absolute atomic E-state index is 11.2. The molecular formula is C23H42NO3PS. The predicted molar refractivity (Wildman–Crippen MR) is 125 cm³/mol. The zero-order valence-corrected chi connectivity index (χ0v) is 20.0. The molecule has 0 bridgehead atoms. The van der Waals surface area contributed by atoms with Crippen LogP contribution in [0.4, 0.5) is 0 Å². The average molecular weight is 444 g/mol. The number of nitrogens with two attached hydrogens (primary N) is 1. The summed E-state index contributed by atoms with van der Waals surface area (Å²) >= 11 is 1.89. The van der Waals surface area contributed by atoms with Crippen LogP contribution < -0.4 is 5.73 Å². The fourth-order valence-corrected chi connectivity index (χ4v) is 6.27. The Kier molecular flexibility index (Phi) is 10.9. The molecule has 1 fully saturated rings. The number of unbranched alkanes of at least 4 members (excludes halogenated alkanes) is 3. The Morgan fingerprint density at radius 2 is 1.69 bits per heavy atom. The van der Waals surface area contributed by atoms with Gasteiger partial charge in [-0.3, -0.25) is 4.57 Å². The van der Waals surface area contributed by atoms with E-state index in [1.807, 2.05) is 18.3 Å². The van der Waals surface area contributed by atoms with Gasteiger partial charge in [0.2, 0.25) is 0 Å². The largest absolute Gasteiger partial charge is 0.325 e. The minimum Gasteiger partial charge on any atom is -0.325 e. The smallest absolute Gasteiger partial charge is 0.325 e. The second-order valence-corrected chi connectivity index (χ2v) is 12.2. The van der Waals surface area contributed by atoms with Crippen LogP contribution in [0.15, 0.2) is 12.1 Å². The maximum Gasteiger partial charge on any atom is 0.325 e. The van der Waals surface area contributed by atoms with E-state index in [-0.39, 0.29) is 6.16 Å². The lowest BCUT2D eigenvalue weighted by Gasteiger charge is -2.28. The molecule has 168 valence electrons. The van der Waals surface area contributed by atoms with Crippen molar-refractivity contribution < 1.29 is 14.4 Å². The van der Waals surface area contributed by atoms with Gasteiger partial charge in [0.15, 0.2) is 0 Å². The Bertz CT molecular complexity index is 623. The minimum atomic E-state index is -3.97. The lowest BCUT2D eigenvalue weighted by Crippen LogP contribution is -2.40. The van der Waals surface area contributed by atoms with Gasteiger partial charge in [-0.1, -0.05) is 64.7 Å². The molecule has 1 aliphatic rings. The molecule has 1 heterocycles. The highest BCUT2D eigenvalue weighted by molar-refractivity contribution is 7.51. The number of thiophene rings is 1. The van der Waals surface area contributed by atoms with Crippen molar-refractivity contribution in [3.8, 4) is 0 Å². The molecule has 1 unspecified atom stereocenters. The van der Waals surface area contributed by atoms with E-state index in [1.54, 1.807) is 0 Å². The van der Waals surface area contributed by atoms with Crippen LogP contribution >= 0.6 is 18.9 Å². The molecule has 0 amide bonds. The summed E-state index contributed by atoms with van der Waals surface area (Å²) < 4.78 is 11.2. The summed E-state index contributed by atoms with van der Waals surface area (Å²) in [5.74, 6) is 1.02. The molecule has 1 aliphatic carbocycles. The first kappa shape index (κ1) is 25.1. The fourth-order valence-electron chi connectivity index (χ4n) is 4.47. The third kappa shape index (κ3) is 10.6. The van der Waals surface area contributed by atoms with Crippen LogP contribution in [0.25, 0.3) is 0 Å². The van der Waals surface area contributed by atoms with E-state index in [0.29, 0.717) is 6.42 Å². The van der Waals surface area contributed by atoms with E-state index in [0.717, 1.165) is 25.2 Å². The van der Waals surface area contributed by atoms with Crippen molar-refractivity contribution in [3.63, 3.8) is 0 Å². The lowest BCUT2D eigenvalue weighted by molar-refractivity contribution is 0.328. The molecule has 2 rings (SSSR count). The highest BCUT2D eigenvalue weighted by Crippen LogP contribution is 2.38. The van der Waals surface area contributed by atoms with E-state index < -0.39 is 13.1 Å². The molecule has 0 spiro atoms. The minimum absolute atomic E-state index is 0.117. The standard InChI is InChI=1S/C23H42NO3PS/c1-2-23(24,18-19-28(25,26)27)17-16-22-15-14-21(29-22)13-9-4-3-6-10-20-11-7-5-8-12-20/h14-15,20H,2-13,16-19,24H2,1H3,(H2,25,26,27). The Morgan fingerprint density at radius 3 is 2.34 bits per heavy atom. The van der Waals surface area contributed by atoms with Gasteiger partial charge in [0.25, 0.3) is 0 Å². The Morgan fingerprint density at radius 1 is 1.03 bits per heavy atom. The number of hydrogen-bond donors (Lipinski definition) is 3. The number of rotatable bonds is 14. The first-order valence-corrected chi connectivity index (χ1v) is 14.3. The number of hydrogen-bond acceptors (Lipinski definition) is 3. The van der Waals surface area contributed by atoms with E-state index in [2.05, 4.69) is 12.1 Å².